The molecule has 0 aliphatic rings. The summed E-state index contributed by atoms with van der Waals surface area (Å²) < 4.78 is 18.4. The molecule has 0 spiro atoms. The zero-order valence-corrected chi connectivity index (χ0v) is 14.2. The monoisotopic (exact) mass is 357 g/mol. The lowest BCUT2D eigenvalue weighted by atomic mass is 10.0. The van der Waals surface area contributed by atoms with Gasteiger partial charge in [0.15, 0.2) is 5.65 Å². The van der Waals surface area contributed by atoms with Crippen LogP contribution in [0.5, 0.6) is 0 Å². The van der Waals surface area contributed by atoms with Gasteiger partial charge >= 0.3 is 0 Å². The molecule has 4 rings (SSSR count). The molecule has 0 saturated carbocycles. The predicted molar refractivity (Wildman–Crippen MR) is 93.0 cm³/mol. The average molecular weight is 358 g/mol. The van der Waals surface area contributed by atoms with Crippen LogP contribution in [0.4, 0.5) is 4.39 Å². The second-order valence-corrected chi connectivity index (χ2v) is 6.09. The number of hydrogen-bond donors (Lipinski definition) is 0. The molecule has 0 aliphatic heterocycles. The van der Waals surface area contributed by atoms with Crippen molar-refractivity contribution in [3.8, 4) is 22.4 Å². The standard InChI is InChI=1S/C17H13ClFN5O/c1-22-16(11-4-6-14-20-9-21-24(14)8-11)15(17(25)23(22)2)10-3-5-13(19)12(18)7-10/h3-9H,1-2H3. The smallest absolute Gasteiger partial charge is 0.274 e. The van der Waals surface area contributed by atoms with Crippen molar-refractivity contribution in [1.29, 1.82) is 0 Å². The van der Waals surface area contributed by atoms with E-state index in [0.29, 0.717) is 22.5 Å². The largest absolute Gasteiger partial charge is 0.285 e. The minimum Gasteiger partial charge on any atom is -0.285 e. The molecule has 3 aromatic heterocycles. The Labute approximate surface area is 146 Å². The fraction of sp³-hybridized carbons (Fsp3) is 0.118. The third-order valence-corrected chi connectivity index (χ3v) is 4.56. The Morgan fingerprint density at radius 3 is 2.60 bits per heavy atom. The first-order valence-corrected chi connectivity index (χ1v) is 7.86. The fourth-order valence-electron chi connectivity index (χ4n) is 2.91. The van der Waals surface area contributed by atoms with Gasteiger partial charge in [0.25, 0.3) is 5.56 Å². The molecule has 0 unspecified atom stereocenters. The van der Waals surface area contributed by atoms with Gasteiger partial charge in [0.05, 0.1) is 16.3 Å². The summed E-state index contributed by atoms with van der Waals surface area (Å²) in [6.07, 6.45) is 3.26. The maximum Gasteiger partial charge on any atom is 0.274 e. The van der Waals surface area contributed by atoms with Crippen LogP contribution in [-0.4, -0.2) is 24.0 Å². The van der Waals surface area contributed by atoms with E-state index in [2.05, 4.69) is 10.1 Å². The van der Waals surface area contributed by atoms with Crippen LogP contribution in [0.2, 0.25) is 5.02 Å². The number of pyridine rings is 1. The molecule has 0 atom stereocenters. The van der Waals surface area contributed by atoms with E-state index in [-0.39, 0.29) is 10.6 Å². The normalized spacial score (nSPS) is 11.4. The lowest BCUT2D eigenvalue weighted by Crippen LogP contribution is -2.17. The molecule has 0 radical (unpaired) electrons. The highest BCUT2D eigenvalue weighted by Gasteiger charge is 2.20. The molecule has 0 saturated heterocycles. The zero-order valence-electron chi connectivity index (χ0n) is 13.4. The first kappa shape index (κ1) is 15.6. The molecule has 126 valence electrons. The summed E-state index contributed by atoms with van der Waals surface area (Å²) in [4.78, 5) is 16.9. The maximum atomic E-state index is 13.5. The van der Waals surface area contributed by atoms with Crippen molar-refractivity contribution < 1.29 is 4.39 Å². The van der Waals surface area contributed by atoms with E-state index in [1.54, 1.807) is 35.6 Å². The van der Waals surface area contributed by atoms with E-state index in [9.17, 15) is 9.18 Å². The molecule has 3 heterocycles. The molecule has 0 fully saturated rings. The summed E-state index contributed by atoms with van der Waals surface area (Å²) in [5, 5.41) is 4.11. The van der Waals surface area contributed by atoms with Crippen LogP contribution >= 0.6 is 11.6 Å². The topological polar surface area (TPSA) is 57.1 Å². The van der Waals surface area contributed by atoms with Crippen LogP contribution in [-0.2, 0) is 14.1 Å². The molecule has 0 amide bonds. The van der Waals surface area contributed by atoms with Crippen LogP contribution < -0.4 is 5.56 Å². The number of nitrogens with zero attached hydrogens (tertiary/aromatic N) is 5. The highest BCUT2D eigenvalue weighted by atomic mass is 35.5. The SMILES string of the molecule is Cn1c(-c2ccc3ncnn3c2)c(-c2ccc(F)c(Cl)c2)c(=O)n1C. The van der Waals surface area contributed by atoms with Crippen LogP contribution in [0.1, 0.15) is 0 Å². The third-order valence-electron chi connectivity index (χ3n) is 4.27. The Morgan fingerprint density at radius 2 is 1.84 bits per heavy atom. The number of fused-ring (bicyclic) bond motifs is 1. The summed E-state index contributed by atoms with van der Waals surface area (Å²) in [5.41, 5.74) is 2.99. The minimum atomic E-state index is -0.524. The molecule has 8 heteroatoms. The Balaban J connectivity index is 2.03. The predicted octanol–water partition coefficient (Wildman–Crippen LogP) is 2.89. The number of hydrogen-bond acceptors (Lipinski definition) is 3. The molecule has 0 bridgehead atoms. The van der Waals surface area contributed by atoms with Crippen molar-refractivity contribution in [2.24, 2.45) is 14.1 Å². The molecular formula is C17H13ClFN5O. The minimum absolute atomic E-state index is 0.0268. The summed E-state index contributed by atoms with van der Waals surface area (Å²) in [6.45, 7) is 0. The number of halogens is 2. The summed E-state index contributed by atoms with van der Waals surface area (Å²) in [5.74, 6) is -0.524. The molecule has 4 aromatic rings. The van der Waals surface area contributed by atoms with Crippen molar-refractivity contribution in [2.45, 2.75) is 0 Å². The van der Waals surface area contributed by atoms with Gasteiger partial charge in [0, 0.05) is 25.9 Å². The first-order chi connectivity index (χ1) is 12.0. The molecule has 0 aliphatic carbocycles. The van der Waals surface area contributed by atoms with Gasteiger partial charge in [-0.1, -0.05) is 17.7 Å². The lowest BCUT2D eigenvalue weighted by molar-refractivity contribution is 0.584. The van der Waals surface area contributed by atoms with E-state index in [1.165, 1.54) is 23.1 Å². The van der Waals surface area contributed by atoms with Crippen LogP contribution in [0, 0.1) is 5.82 Å². The van der Waals surface area contributed by atoms with E-state index < -0.39 is 5.82 Å². The highest BCUT2D eigenvalue weighted by Crippen LogP contribution is 2.31. The second-order valence-electron chi connectivity index (χ2n) is 5.69. The molecular weight excluding hydrogens is 345 g/mol. The van der Waals surface area contributed by atoms with Gasteiger partial charge in [-0.25, -0.2) is 13.9 Å². The van der Waals surface area contributed by atoms with Gasteiger partial charge in [-0.05, 0) is 29.8 Å². The Kier molecular flexibility index (Phi) is 3.47. The van der Waals surface area contributed by atoms with E-state index in [4.69, 9.17) is 11.6 Å². The fourth-order valence-corrected chi connectivity index (χ4v) is 3.09. The molecule has 0 N–H and O–H groups in total. The van der Waals surface area contributed by atoms with Gasteiger partial charge in [0.1, 0.15) is 12.1 Å². The van der Waals surface area contributed by atoms with E-state index in [1.807, 2.05) is 12.1 Å². The molecule has 1 aromatic carbocycles. The van der Waals surface area contributed by atoms with E-state index >= 15 is 0 Å². The zero-order chi connectivity index (χ0) is 17.7. The van der Waals surface area contributed by atoms with E-state index in [0.717, 1.165) is 5.56 Å². The Hall–Kier alpha value is -2.93. The van der Waals surface area contributed by atoms with Crippen molar-refractivity contribution >= 4 is 17.2 Å². The van der Waals surface area contributed by atoms with Crippen LogP contribution in [0.25, 0.3) is 28.0 Å². The van der Waals surface area contributed by atoms with Crippen molar-refractivity contribution in [3.05, 3.63) is 64.0 Å². The quantitative estimate of drug-likeness (QED) is 0.554. The highest BCUT2D eigenvalue weighted by molar-refractivity contribution is 6.31. The van der Waals surface area contributed by atoms with Gasteiger partial charge in [-0.2, -0.15) is 5.10 Å². The van der Waals surface area contributed by atoms with Crippen molar-refractivity contribution in [1.82, 2.24) is 24.0 Å². The van der Waals surface area contributed by atoms with Crippen LogP contribution in [0.15, 0.2) is 47.7 Å². The average Bonchev–Trinajstić information content (AvgIpc) is 3.15. The Morgan fingerprint density at radius 1 is 1.08 bits per heavy atom. The van der Waals surface area contributed by atoms with Gasteiger partial charge < -0.3 is 0 Å². The lowest BCUT2D eigenvalue weighted by Gasteiger charge is -2.09. The van der Waals surface area contributed by atoms with Crippen LogP contribution in [0.3, 0.4) is 0 Å². The molecule has 25 heavy (non-hydrogen) atoms. The summed E-state index contributed by atoms with van der Waals surface area (Å²) >= 11 is 5.91. The number of benzene rings is 1. The Bertz CT molecular complexity index is 1170. The number of rotatable bonds is 2. The van der Waals surface area contributed by atoms with Crippen molar-refractivity contribution in [3.63, 3.8) is 0 Å². The second kappa shape index (κ2) is 5.56. The van der Waals surface area contributed by atoms with Gasteiger partial charge in [-0.15, -0.1) is 0 Å². The summed E-state index contributed by atoms with van der Waals surface area (Å²) in [7, 11) is 3.46. The third kappa shape index (κ3) is 2.35. The maximum absolute atomic E-state index is 13.5. The first-order valence-electron chi connectivity index (χ1n) is 7.48. The van der Waals surface area contributed by atoms with Gasteiger partial charge in [-0.3, -0.25) is 14.2 Å². The van der Waals surface area contributed by atoms with Crippen molar-refractivity contribution in [2.75, 3.05) is 0 Å². The number of aromatic nitrogens is 5. The van der Waals surface area contributed by atoms with Gasteiger partial charge in [0.2, 0.25) is 0 Å². The summed E-state index contributed by atoms with van der Waals surface area (Å²) in [6, 6.07) is 7.96. The molecule has 6 nitrogen and oxygen atoms in total.